The zero-order chi connectivity index (χ0) is 12.3. The highest BCUT2D eigenvalue weighted by Gasteiger charge is 2.12. The molecule has 0 saturated heterocycles. The highest BCUT2D eigenvalue weighted by Crippen LogP contribution is 2.23. The van der Waals surface area contributed by atoms with Gasteiger partial charge in [-0.15, -0.1) is 5.10 Å². The van der Waals surface area contributed by atoms with E-state index in [0.717, 1.165) is 16.3 Å². The van der Waals surface area contributed by atoms with Gasteiger partial charge in [-0.1, -0.05) is 4.49 Å². The quantitative estimate of drug-likeness (QED) is 0.837. The normalized spacial score (nSPS) is 12.6. The Morgan fingerprint density at radius 1 is 1.59 bits per heavy atom. The number of aryl methyl sites for hydroxylation is 1. The van der Waals surface area contributed by atoms with Crippen LogP contribution in [0.3, 0.4) is 0 Å². The second-order valence-electron chi connectivity index (χ2n) is 3.80. The maximum Gasteiger partial charge on any atom is 0.0777 e. The van der Waals surface area contributed by atoms with Crippen molar-refractivity contribution in [3.63, 3.8) is 0 Å². The summed E-state index contributed by atoms with van der Waals surface area (Å²) < 4.78 is 5.62. The Morgan fingerprint density at radius 3 is 3.06 bits per heavy atom. The molecule has 2 aromatic rings. The van der Waals surface area contributed by atoms with Gasteiger partial charge < -0.3 is 10.4 Å². The van der Waals surface area contributed by atoms with Crippen molar-refractivity contribution >= 4 is 17.2 Å². The van der Waals surface area contributed by atoms with Gasteiger partial charge in [-0.25, -0.2) is 0 Å². The molecule has 0 amide bonds. The number of hydrogen-bond donors (Lipinski definition) is 2. The molecule has 2 aromatic heterocycles. The molecule has 0 spiro atoms. The lowest BCUT2D eigenvalue weighted by molar-refractivity contribution is 0.269. The Hall–Kier alpha value is -1.47. The van der Waals surface area contributed by atoms with Crippen LogP contribution in [0.1, 0.15) is 23.5 Å². The Morgan fingerprint density at radius 2 is 2.41 bits per heavy atom. The molecule has 92 valence electrons. The summed E-state index contributed by atoms with van der Waals surface area (Å²) in [6, 6.07) is 0.154. The van der Waals surface area contributed by atoms with E-state index in [4.69, 9.17) is 5.11 Å². The van der Waals surface area contributed by atoms with Crippen LogP contribution in [0, 0.1) is 6.92 Å². The molecule has 6 nitrogen and oxygen atoms in total. The van der Waals surface area contributed by atoms with E-state index in [1.165, 1.54) is 11.5 Å². The van der Waals surface area contributed by atoms with Crippen LogP contribution >= 0.6 is 11.5 Å². The van der Waals surface area contributed by atoms with E-state index < -0.39 is 0 Å². The van der Waals surface area contributed by atoms with Crippen molar-refractivity contribution in [3.05, 3.63) is 23.0 Å². The summed E-state index contributed by atoms with van der Waals surface area (Å²) in [5.41, 5.74) is 1.89. The number of aliphatic hydroxyl groups is 1. The van der Waals surface area contributed by atoms with Gasteiger partial charge >= 0.3 is 0 Å². The van der Waals surface area contributed by atoms with Crippen molar-refractivity contribution in [2.45, 2.75) is 26.4 Å². The highest BCUT2D eigenvalue weighted by molar-refractivity contribution is 7.05. The molecule has 0 radical (unpaired) electrons. The summed E-state index contributed by atoms with van der Waals surface area (Å²) in [5.74, 6) is 0. The average Bonchev–Trinajstić information content (AvgIpc) is 2.88. The van der Waals surface area contributed by atoms with Gasteiger partial charge in [0.05, 0.1) is 41.6 Å². The molecular weight excluding hydrogens is 238 g/mol. The van der Waals surface area contributed by atoms with E-state index in [2.05, 4.69) is 26.9 Å². The molecule has 7 heteroatoms. The summed E-state index contributed by atoms with van der Waals surface area (Å²) in [4.78, 5) is 1.12. The fraction of sp³-hybridized carbons (Fsp3) is 0.500. The zero-order valence-electron chi connectivity index (χ0n) is 9.79. The van der Waals surface area contributed by atoms with E-state index >= 15 is 0 Å². The molecule has 0 saturated carbocycles. The molecule has 17 heavy (non-hydrogen) atoms. The van der Waals surface area contributed by atoms with Crippen LogP contribution in [-0.2, 0) is 6.54 Å². The van der Waals surface area contributed by atoms with E-state index in [1.807, 2.05) is 13.1 Å². The fourth-order valence-electron chi connectivity index (χ4n) is 1.61. The third-order valence-electron chi connectivity index (χ3n) is 2.43. The fourth-order valence-corrected chi connectivity index (χ4v) is 2.25. The topological polar surface area (TPSA) is 75.9 Å². The molecule has 1 unspecified atom stereocenters. The van der Waals surface area contributed by atoms with Crippen LogP contribution in [0.4, 0.5) is 5.69 Å². The van der Waals surface area contributed by atoms with Gasteiger partial charge in [-0.3, -0.25) is 4.68 Å². The molecule has 0 aromatic carbocycles. The van der Waals surface area contributed by atoms with Crippen molar-refractivity contribution in [2.75, 3.05) is 11.9 Å². The Balaban J connectivity index is 2.02. The van der Waals surface area contributed by atoms with Crippen LogP contribution < -0.4 is 5.32 Å². The number of aromatic nitrogens is 4. The van der Waals surface area contributed by atoms with E-state index in [-0.39, 0.29) is 12.6 Å². The maximum absolute atomic E-state index is 8.80. The highest BCUT2D eigenvalue weighted by atomic mass is 32.1. The number of aliphatic hydroxyl groups excluding tert-OH is 1. The molecular formula is C10H15N5OS. The number of hydrogen-bond acceptors (Lipinski definition) is 6. The lowest BCUT2D eigenvalue weighted by Gasteiger charge is -2.11. The molecule has 1 atom stereocenters. The predicted molar refractivity (Wildman–Crippen MR) is 66.0 cm³/mol. The van der Waals surface area contributed by atoms with E-state index in [1.54, 1.807) is 10.9 Å². The standard InChI is InChI=1S/C10H15N5OS/c1-7(10-8(2)13-14-17-10)12-9-5-11-15(6-9)3-4-16/h5-7,12,16H,3-4H2,1-2H3. The molecule has 2 N–H and O–H groups in total. The maximum atomic E-state index is 8.80. The number of rotatable bonds is 5. The van der Waals surface area contributed by atoms with Crippen molar-refractivity contribution in [2.24, 2.45) is 0 Å². The predicted octanol–water partition coefficient (Wildman–Crippen LogP) is 1.21. The molecule has 0 aliphatic heterocycles. The van der Waals surface area contributed by atoms with Crippen LogP contribution in [0.15, 0.2) is 12.4 Å². The monoisotopic (exact) mass is 253 g/mol. The van der Waals surface area contributed by atoms with Gasteiger partial charge in [0.25, 0.3) is 0 Å². The first-order chi connectivity index (χ1) is 8.20. The minimum absolute atomic E-state index is 0.0918. The smallest absolute Gasteiger partial charge is 0.0777 e. The van der Waals surface area contributed by atoms with Crippen molar-refractivity contribution in [1.29, 1.82) is 0 Å². The van der Waals surface area contributed by atoms with Crippen LogP contribution in [-0.4, -0.2) is 31.1 Å². The van der Waals surface area contributed by atoms with Gasteiger partial charge in [-0.2, -0.15) is 5.10 Å². The van der Waals surface area contributed by atoms with E-state index in [0.29, 0.717) is 6.54 Å². The number of nitrogens with one attached hydrogen (secondary N) is 1. The summed E-state index contributed by atoms with van der Waals surface area (Å²) in [5, 5.41) is 20.2. The van der Waals surface area contributed by atoms with Crippen molar-refractivity contribution < 1.29 is 5.11 Å². The third-order valence-corrected chi connectivity index (χ3v) is 3.43. The summed E-state index contributed by atoms with van der Waals surface area (Å²) >= 11 is 1.40. The minimum atomic E-state index is 0.0918. The van der Waals surface area contributed by atoms with Crippen molar-refractivity contribution in [1.82, 2.24) is 19.4 Å². The summed E-state index contributed by atoms with van der Waals surface area (Å²) in [6.07, 6.45) is 3.62. The first kappa shape index (κ1) is 12.0. The van der Waals surface area contributed by atoms with Crippen LogP contribution in [0.5, 0.6) is 0 Å². The SMILES string of the molecule is Cc1nnsc1C(C)Nc1cnn(CCO)c1. The van der Waals surface area contributed by atoms with Gasteiger partial charge in [-0.05, 0) is 25.4 Å². The first-order valence-electron chi connectivity index (χ1n) is 5.39. The Bertz CT molecular complexity index is 481. The Kier molecular flexibility index (Phi) is 3.70. The second-order valence-corrected chi connectivity index (χ2v) is 4.59. The first-order valence-corrected chi connectivity index (χ1v) is 6.16. The van der Waals surface area contributed by atoms with Gasteiger partial charge in [0, 0.05) is 6.20 Å². The summed E-state index contributed by atoms with van der Waals surface area (Å²) in [6.45, 7) is 4.61. The lowest BCUT2D eigenvalue weighted by atomic mass is 10.2. The summed E-state index contributed by atoms with van der Waals surface area (Å²) in [7, 11) is 0. The third kappa shape index (κ3) is 2.80. The molecule has 0 fully saturated rings. The van der Waals surface area contributed by atoms with Gasteiger partial charge in [0.2, 0.25) is 0 Å². The molecule has 0 bridgehead atoms. The molecule has 2 heterocycles. The molecule has 0 aliphatic carbocycles. The van der Waals surface area contributed by atoms with Gasteiger partial charge in [0.15, 0.2) is 0 Å². The second kappa shape index (κ2) is 5.24. The molecule has 2 rings (SSSR count). The van der Waals surface area contributed by atoms with Gasteiger partial charge in [0.1, 0.15) is 0 Å². The van der Waals surface area contributed by atoms with Crippen molar-refractivity contribution in [3.8, 4) is 0 Å². The van der Waals surface area contributed by atoms with Crippen LogP contribution in [0.2, 0.25) is 0 Å². The number of nitrogens with zero attached hydrogens (tertiary/aromatic N) is 4. The largest absolute Gasteiger partial charge is 0.394 e. The molecule has 0 aliphatic rings. The average molecular weight is 253 g/mol. The lowest BCUT2D eigenvalue weighted by Crippen LogP contribution is -2.06. The van der Waals surface area contributed by atoms with E-state index in [9.17, 15) is 0 Å². The zero-order valence-corrected chi connectivity index (χ0v) is 10.6. The van der Waals surface area contributed by atoms with Crippen LogP contribution in [0.25, 0.3) is 0 Å². The minimum Gasteiger partial charge on any atom is -0.394 e. The Labute approximate surface area is 103 Å². The number of anilines is 1.